The Balaban J connectivity index is 2.49. The molecular weight excluding hydrogens is 356 g/mol. The summed E-state index contributed by atoms with van der Waals surface area (Å²) in [6.45, 7) is 0. The molecule has 1 aromatic heterocycles. The Hall–Kier alpha value is -1.34. The molecule has 0 bridgehead atoms. The van der Waals surface area contributed by atoms with Gasteiger partial charge in [0, 0.05) is 11.9 Å². The molecule has 0 aliphatic heterocycles. The summed E-state index contributed by atoms with van der Waals surface area (Å²) in [6, 6.07) is 3.32. The van der Waals surface area contributed by atoms with E-state index in [1.807, 2.05) is 0 Å². The molecule has 1 aromatic carbocycles. The number of rotatable bonds is 2. The lowest BCUT2D eigenvalue weighted by Gasteiger charge is -2.06. The van der Waals surface area contributed by atoms with Gasteiger partial charge < -0.3 is 14.8 Å². The number of aromatic nitrogens is 2. The van der Waals surface area contributed by atoms with Crippen LogP contribution < -0.4 is 0 Å². The highest BCUT2D eigenvalue weighted by molar-refractivity contribution is 9.11. The Morgan fingerprint density at radius 1 is 1.29 bits per heavy atom. The fraction of sp³-hybridized carbons (Fsp3) is 0. The average molecular weight is 362 g/mol. The number of halogens is 2. The van der Waals surface area contributed by atoms with Gasteiger partial charge in [-0.2, -0.15) is 0 Å². The molecule has 0 unspecified atom stereocenters. The molecule has 0 radical (unpaired) electrons. The number of imidazole rings is 1. The largest absolute Gasteiger partial charge is 0.506 e. The van der Waals surface area contributed by atoms with Crippen molar-refractivity contribution in [2.75, 3.05) is 0 Å². The van der Waals surface area contributed by atoms with Crippen LogP contribution in [0.25, 0.3) is 5.69 Å². The molecule has 0 saturated carbocycles. The molecule has 5 nitrogen and oxygen atoms in total. The normalized spacial score (nSPS) is 10.5. The van der Waals surface area contributed by atoms with Gasteiger partial charge in [0.1, 0.15) is 12.1 Å². The van der Waals surface area contributed by atoms with Crippen LogP contribution in [0.2, 0.25) is 0 Å². The van der Waals surface area contributed by atoms with Crippen LogP contribution in [-0.4, -0.2) is 25.7 Å². The molecule has 1 heterocycles. The standard InChI is InChI=1S/C10H6Br2N2O3/c11-6-1-5(2-7(12)9(6)15)14-3-8(10(16)17)13-4-14/h1-4,15H,(H,16,17). The molecule has 0 saturated heterocycles. The Morgan fingerprint density at radius 2 is 1.88 bits per heavy atom. The van der Waals surface area contributed by atoms with Crippen LogP contribution in [0.3, 0.4) is 0 Å². The van der Waals surface area contributed by atoms with E-state index < -0.39 is 5.97 Å². The number of carbonyl (C=O) groups is 1. The zero-order valence-electron chi connectivity index (χ0n) is 8.26. The van der Waals surface area contributed by atoms with Crippen molar-refractivity contribution in [3.05, 3.63) is 39.3 Å². The van der Waals surface area contributed by atoms with Crippen molar-refractivity contribution in [3.63, 3.8) is 0 Å². The molecule has 7 heteroatoms. The monoisotopic (exact) mass is 360 g/mol. The second kappa shape index (κ2) is 4.50. The van der Waals surface area contributed by atoms with Crippen molar-refractivity contribution in [2.45, 2.75) is 0 Å². The van der Waals surface area contributed by atoms with Gasteiger partial charge in [-0.3, -0.25) is 0 Å². The molecule has 0 amide bonds. The molecule has 0 aliphatic rings. The number of phenolic OH excluding ortho intramolecular Hbond substituents is 1. The van der Waals surface area contributed by atoms with Crippen LogP contribution in [0.5, 0.6) is 5.75 Å². The van der Waals surface area contributed by atoms with Gasteiger partial charge in [0.05, 0.1) is 8.95 Å². The highest BCUT2D eigenvalue weighted by Crippen LogP contribution is 2.34. The van der Waals surface area contributed by atoms with Gasteiger partial charge in [-0.1, -0.05) is 0 Å². The van der Waals surface area contributed by atoms with E-state index in [0.717, 1.165) is 0 Å². The highest BCUT2D eigenvalue weighted by atomic mass is 79.9. The molecule has 0 fully saturated rings. The quantitative estimate of drug-likeness (QED) is 0.862. The van der Waals surface area contributed by atoms with Crippen LogP contribution in [0, 0.1) is 0 Å². The Kier molecular flexibility index (Phi) is 3.21. The van der Waals surface area contributed by atoms with Crippen LogP contribution in [0.4, 0.5) is 0 Å². The third kappa shape index (κ3) is 2.34. The first-order valence-corrected chi connectivity index (χ1v) is 6.03. The fourth-order valence-electron chi connectivity index (χ4n) is 1.28. The van der Waals surface area contributed by atoms with E-state index in [2.05, 4.69) is 36.8 Å². The summed E-state index contributed by atoms with van der Waals surface area (Å²) >= 11 is 6.40. The van der Waals surface area contributed by atoms with Gasteiger partial charge >= 0.3 is 5.97 Å². The summed E-state index contributed by atoms with van der Waals surface area (Å²) in [6.07, 6.45) is 2.79. The van der Waals surface area contributed by atoms with Crippen molar-refractivity contribution >= 4 is 37.8 Å². The van der Waals surface area contributed by atoms with Gasteiger partial charge in [-0.25, -0.2) is 9.78 Å². The number of carboxylic acids is 1. The molecule has 2 N–H and O–H groups in total. The lowest BCUT2D eigenvalue weighted by atomic mass is 10.3. The van der Waals surface area contributed by atoms with E-state index in [1.165, 1.54) is 12.5 Å². The lowest BCUT2D eigenvalue weighted by molar-refractivity contribution is 0.0691. The summed E-state index contributed by atoms with van der Waals surface area (Å²) in [5.74, 6) is -0.993. The van der Waals surface area contributed by atoms with Crippen molar-refractivity contribution < 1.29 is 15.0 Å². The number of hydrogen-bond acceptors (Lipinski definition) is 3. The molecule has 2 rings (SSSR count). The van der Waals surface area contributed by atoms with E-state index in [1.54, 1.807) is 16.7 Å². The molecule has 2 aromatic rings. The maximum atomic E-state index is 10.7. The van der Waals surface area contributed by atoms with Gasteiger partial charge in [0.15, 0.2) is 5.69 Å². The van der Waals surface area contributed by atoms with Crippen LogP contribution >= 0.6 is 31.9 Å². The second-order valence-corrected chi connectivity index (χ2v) is 4.94. The zero-order valence-corrected chi connectivity index (χ0v) is 11.4. The summed E-state index contributed by atoms with van der Waals surface area (Å²) in [5.41, 5.74) is 0.645. The predicted molar refractivity (Wildman–Crippen MR) is 67.6 cm³/mol. The number of hydrogen-bond donors (Lipinski definition) is 2. The molecule has 17 heavy (non-hydrogen) atoms. The highest BCUT2D eigenvalue weighted by Gasteiger charge is 2.10. The molecule has 0 spiro atoms. The van der Waals surface area contributed by atoms with Crippen molar-refractivity contribution in [1.82, 2.24) is 9.55 Å². The van der Waals surface area contributed by atoms with E-state index in [-0.39, 0.29) is 11.4 Å². The minimum atomic E-state index is -1.08. The van der Waals surface area contributed by atoms with Gasteiger partial charge in [-0.15, -0.1) is 0 Å². The van der Waals surface area contributed by atoms with E-state index in [4.69, 9.17) is 5.11 Å². The number of phenols is 1. The molecular formula is C10H6Br2N2O3. The number of carboxylic acid groups (broad SMARTS) is 1. The Labute approximate surface area is 113 Å². The topological polar surface area (TPSA) is 75.3 Å². The zero-order chi connectivity index (χ0) is 12.6. The van der Waals surface area contributed by atoms with Gasteiger partial charge in [0.25, 0.3) is 0 Å². The molecule has 0 atom stereocenters. The number of aromatic carboxylic acids is 1. The van der Waals surface area contributed by atoms with Crippen molar-refractivity contribution in [3.8, 4) is 11.4 Å². The Bertz CT molecular complexity index is 572. The maximum Gasteiger partial charge on any atom is 0.356 e. The number of aromatic hydroxyl groups is 1. The predicted octanol–water partition coefficient (Wildman–Crippen LogP) is 2.80. The first kappa shape index (κ1) is 12.1. The van der Waals surface area contributed by atoms with E-state index >= 15 is 0 Å². The summed E-state index contributed by atoms with van der Waals surface area (Å²) < 4.78 is 2.57. The number of nitrogens with zero attached hydrogens (tertiary/aromatic N) is 2. The Morgan fingerprint density at radius 3 is 2.35 bits per heavy atom. The lowest BCUT2D eigenvalue weighted by Crippen LogP contribution is -1.96. The first-order chi connectivity index (χ1) is 7.99. The fourth-order valence-corrected chi connectivity index (χ4v) is 2.44. The number of benzene rings is 1. The van der Waals surface area contributed by atoms with E-state index in [9.17, 15) is 9.90 Å². The minimum Gasteiger partial charge on any atom is -0.506 e. The van der Waals surface area contributed by atoms with Crippen LogP contribution in [0.1, 0.15) is 10.5 Å². The SMILES string of the molecule is O=C(O)c1cn(-c2cc(Br)c(O)c(Br)c2)cn1. The minimum absolute atomic E-state index is 0.0367. The van der Waals surface area contributed by atoms with Gasteiger partial charge in [-0.05, 0) is 44.0 Å². The van der Waals surface area contributed by atoms with Crippen molar-refractivity contribution in [2.24, 2.45) is 0 Å². The van der Waals surface area contributed by atoms with Crippen LogP contribution in [0.15, 0.2) is 33.6 Å². The molecule has 88 valence electrons. The summed E-state index contributed by atoms with van der Waals surface area (Å²) in [4.78, 5) is 14.4. The maximum absolute atomic E-state index is 10.7. The van der Waals surface area contributed by atoms with Gasteiger partial charge in [0.2, 0.25) is 0 Å². The summed E-state index contributed by atoms with van der Waals surface area (Å²) in [7, 11) is 0. The average Bonchev–Trinajstić information content (AvgIpc) is 2.74. The van der Waals surface area contributed by atoms with E-state index in [0.29, 0.717) is 14.6 Å². The van der Waals surface area contributed by atoms with Crippen molar-refractivity contribution in [1.29, 1.82) is 0 Å². The van der Waals surface area contributed by atoms with Crippen LogP contribution in [-0.2, 0) is 0 Å². The second-order valence-electron chi connectivity index (χ2n) is 3.23. The summed E-state index contributed by atoms with van der Waals surface area (Å²) in [5, 5.41) is 18.3. The third-order valence-corrected chi connectivity index (χ3v) is 3.31. The molecule has 0 aliphatic carbocycles. The smallest absolute Gasteiger partial charge is 0.356 e. The third-order valence-electron chi connectivity index (χ3n) is 2.10. The first-order valence-electron chi connectivity index (χ1n) is 4.44.